The first-order valence-electron chi connectivity index (χ1n) is 5.01. The highest BCUT2D eigenvalue weighted by molar-refractivity contribution is 7.99. The van der Waals surface area contributed by atoms with Gasteiger partial charge in [0.25, 0.3) is 0 Å². The summed E-state index contributed by atoms with van der Waals surface area (Å²) in [4.78, 5) is 0. The molecule has 0 amide bonds. The lowest BCUT2D eigenvalue weighted by atomic mass is 10.0. The number of thioether (sulfide) groups is 1. The van der Waals surface area contributed by atoms with E-state index in [1.807, 2.05) is 30.3 Å². The molecule has 1 unspecified atom stereocenters. The Morgan fingerprint density at radius 1 is 1.33 bits per heavy atom. The summed E-state index contributed by atoms with van der Waals surface area (Å²) < 4.78 is 0. The van der Waals surface area contributed by atoms with Crippen LogP contribution in [0.15, 0.2) is 30.3 Å². The lowest BCUT2D eigenvalue weighted by Gasteiger charge is -2.08. The molecule has 0 heterocycles. The largest absolute Gasteiger partial charge is 0.396 e. The molecule has 0 bridgehead atoms. The molecule has 0 aliphatic rings. The van der Waals surface area contributed by atoms with Crippen LogP contribution in [-0.4, -0.2) is 23.2 Å². The van der Waals surface area contributed by atoms with Crippen molar-refractivity contribution in [3.8, 4) is 6.07 Å². The molecule has 1 aromatic rings. The van der Waals surface area contributed by atoms with Crippen molar-refractivity contribution in [2.45, 2.75) is 12.3 Å². The third-order valence-corrected chi connectivity index (χ3v) is 3.24. The molecule has 1 rings (SSSR count). The van der Waals surface area contributed by atoms with Crippen LogP contribution in [0.3, 0.4) is 0 Å². The molecule has 15 heavy (non-hydrogen) atoms. The molecule has 0 saturated carbocycles. The topological polar surface area (TPSA) is 44.0 Å². The molecular formula is C12H15NOS. The zero-order valence-corrected chi connectivity index (χ0v) is 9.41. The van der Waals surface area contributed by atoms with E-state index in [2.05, 4.69) is 6.07 Å². The molecular weight excluding hydrogens is 206 g/mol. The number of hydrogen-bond acceptors (Lipinski definition) is 3. The van der Waals surface area contributed by atoms with E-state index in [4.69, 9.17) is 10.4 Å². The average molecular weight is 221 g/mol. The first kappa shape index (κ1) is 12.1. The van der Waals surface area contributed by atoms with E-state index >= 15 is 0 Å². The molecule has 1 aromatic carbocycles. The highest BCUT2D eigenvalue weighted by Gasteiger charge is 2.09. The maximum absolute atomic E-state index is 9.02. The van der Waals surface area contributed by atoms with Crippen molar-refractivity contribution in [3.63, 3.8) is 0 Å². The second-order valence-corrected chi connectivity index (χ2v) is 4.39. The van der Waals surface area contributed by atoms with Crippen LogP contribution in [0.2, 0.25) is 0 Å². The van der Waals surface area contributed by atoms with Gasteiger partial charge in [0, 0.05) is 12.4 Å². The highest BCUT2D eigenvalue weighted by atomic mass is 32.2. The highest BCUT2D eigenvalue weighted by Crippen LogP contribution is 2.20. The van der Waals surface area contributed by atoms with Crippen LogP contribution < -0.4 is 0 Å². The predicted molar refractivity (Wildman–Crippen MR) is 63.8 cm³/mol. The van der Waals surface area contributed by atoms with Gasteiger partial charge in [-0.15, -0.1) is 0 Å². The fourth-order valence-electron chi connectivity index (χ4n) is 1.26. The summed E-state index contributed by atoms with van der Waals surface area (Å²) in [5.41, 5.74) is 1.08. The number of nitrogens with zero attached hydrogens (tertiary/aromatic N) is 1. The molecule has 0 fully saturated rings. The van der Waals surface area contributed by atoms with E-state index in [-0.39, 0.29) is 12.5 Å². The van der Waals surface area contributed by atoms with Crippen molar-refractivity contribution in [2.75, 3.05) is 18.1 Å². The standard InChI is InChI=1S/C12H15NOS/c13-9-12(10-15-8-4-7-14)11-5-2-1-3-6-11/h1-3,5-6,12,14H,4,7-8,10H2. The van der Waals surface area contributed by atoms with Crippen molar-refractivity contribution < 1.29 is 5.11 Å². The summed E-state index contributed by atoms with van der Waals surface area (Å²) in [6.45, 7) is 0.232. The minimum absolute atomic E-state index is 0.0325. The van der Waals surface area contributed by atoms with Gasteiger partial charge in [0.1, 0.15) is 0 Å². The molecule has 0 aliphatic heterocycles. The quantitative estimate of drug-likeness (QED) is 0.750. The number of rotatable bonds is 6. The van der Waals surface area contributed by atoms with Gasteiger partial charge < -0.3 is 5.11 Å². The van der Waals surface area contributed by atoms with Crippen molar-refractivity contribution in [1.29, 1.82) is 5.26 Å². The normalized spacial score (nSPS) is 12.0. The Morgan fingerprint density at radius 3 is 2.67 bits per heavy atom. The number of aliphatic hydroxyl groups excluding tert-OH is 1. The minimum Gasteiger partial charge on any atom is -0.396 e. The summed E-state index contributed by atoms with van der Waals surface area (Å²) >= 11 is 1.72. The van der Waals surface area contributed by atoms with E-state index in [1.165, 1.54) is 0 Å². The lowest BCUT2D eigenvalue weighted by Crippen LogP contribution is -2.00. The van der Waals surface area contributed by atoms with Gasteiger partial charge in [-0.25, -0.2) is 0 Å². The molecule has 3 heteroatoms. The van der Waals surface area contributed by atoms with Crippen LogP contribution in [0.1, 0.15) is 17.9 Å². The van der Waals surface area contributed by atoms with Crippen molar-refractivity contribution in [3.05, 3.63) is 35.9 Å². The fraction of sp³-hybridized carbons (Fsp3) is 0.417. The molecule has 0 aromatic heterocycles. The second-order valence-electron chi connectivity index (χ2n) is 3.24. The molecule has 80 valence electrons. The SMILES string of the molecule is N#CC(CSCCCO)c1ccccc1. The van der Waals surface area contributed by atoms with Gasteiger partial charge in [-0.3, -0.25) is 0 Å². The first-order valence-corrected chi connectivity index (χ1v) is 6.17. The van der Waals surface area contributed by atoms with Gasteiger partial charge in [0.05, 0.1) is 12.0 Å². The van der Waals surface area contributed by atoms with Crippen molar-refractivity contribution in [2.24, 2.45) is 0 Å². The van der Waals surface area contributed by atoms with Gasteiger partial charge in [0.15, 0.2) is 0 Å². The Hall–Kier alpha value is -0.980. The van der Waals surface area contributed by atoms with Crippen LogP contribution >= 0.6 is 11.8 Å². The number of aliphatic hydroxyl groups is 1. The number of nitriles is 1. The Morgan fingerprint density at radius 2 is 2.07 bits per heavy atom. The Balaban J connectivity index is 2.41. The average Bonchev–Trinajstić information content (AvgIpc) is 2.30. The molecule has 0 aliphatic carbocycles. The third kappa shape index (κ3) is 4.37. The van der Waals surface area contributed by atoms with E-state index in [0.29, 0.717) is 0 Å². The predicted octanol–water partition coefficient (Wildman–Crippen LogP) is 2.41. The smallest absolute Gasteiger partial charge is 0.0803 e. The van der Waals surface area contributed by atoms with Crippen molar-refractivity contribution >= 4 is 11.8 Å². The van der Waals surface area contributed by atoms with Gasteiger partial charge in [-0.05, 0) is 17.7 Å². The van der Waals surface area contributed by atoms with E-state index in [0.717, 1.165) is 23.5 Å². The first-order chi connectivity index (χ1) is 7.38. The molecule has 2 nitrogen and oxygen atoms in total. The maximum atomic E-state index is 9.02. The Labute approximate surface area is 94.9 Å². The zero-order chi connectivity index (χ0) is 10.9. The minimum atomic E-state index is -0.0325. The van der Waals surface area contributed by atoms with Crippen molar-refractivity contribution in [1.82, 2.24) is 0 Å². The monoisotopic (exact) mass is 221 g/mol. The van der Waals surface area contributed by atoms with Crippen LogP contribution in [-0.2, 0) is 0 Å². The zero-order valence-electron chi connectivity index (χ0n) is 8.60. The van der Waals surface area contributed by atoms with Gasteiger partial charge in [0.2, 0.25) is 0 Å². The Bertz CT molecular complexity index is 307. The summed E-state index contributed by atoms with van der Waals surface area (Å²) in [7, 11) is 0. The third-order valence-electron chi connectivity index (χ3n) is 2.09. The molecule has 0 spiro atoms. The molecule has 0 radical (unpaired) electrons. The Kier molecular flexibility index (Phi) is 5.91. The number of hydrogen-bond donors (Lipinski definition) is 1. The van der Waals surface area contributed by atoms with Crippen LogP contribution in [0.25, 0.3) is 0 Å². The lowest BCUT2D eigenvalue weighted by molar-refractivity contribution is 0.296. The van der Waals surface area contributed by atoms with Gasteiger partial charge >= 0.3 is 0 Å². The number of benzene rings is 1. The molecule has 1 N–H and O–H groups in total. The summed E-state index contributed by atoms with van der Waals surface area (Å²) in [5.74, 6) is 1.69. The molecule has 0 saturated heterocycles. The molecule has 1 atom stereocenters. The summed E-state index contributed by atoms with van der Waals surface area (Å²) in [5, 5.41) is 17.7. The fourth-order valence-corrected chi connectivity index (χ4v) is 2.26. The summed E-state index contributed by atoms with van der Waals surface area (Å²) in [6, 6.07) is 12.2. The second kappa shape index (κ2) is 7.33. The van der Waals surface area contributed by atoms with E-state index in [9.17, 15) is 0 Å². The van der Waals surface area contributed by atoms with Crippen LogP contribution in [0.5, 0.6) is 0 Å². The van der Waals surface area contributed by atoms with Gasteiger partial charge in [-0.2, -0.15) is 17.0 Å². The van der Waals surface area contributed by atoms with Crippen LogP contribution in [0, 0.1) is 11.3 Å². The van der Waals surface area contributed by atoms with Gasteiger partial charge in [-0.1, -0.05) is 30.3 Å². The van der Waals surface area contributed by atoms with E-state index < -0.39 is 0 Å². The van der Waals surface area contributed by atoms with E-state index in [1.54, 1.807) is 11.8 Å². The van der Waals surface area contributed by atoms with Crippen LogP contribution in [0.4, 0.5) is 0 Å². The summed E-state index contributed by atoms with van der Waals surface area (Å²) in [6.07, 6.45) is 0.803. The maximum Gasteiger partial charge on any atom is 0.0803 e.